The van der Waals surface area contributed by atoms with Gasteiger partial charge in [0.25, 0.3) is 0 Å². The predicted octanol–water partition coefficient (Wildman–Crippen LogP) is 2.34. The van der Waals surface area contributed by atoms with Crippen molar-refractivity contribution in [2.24, 2.45) is 0 Å². The monoisotopic (exact) mass is 260 g/mol. The first kappa shape index (κ1) is 13.1. The molecule has 1 atom stereocenters. The molecular weight excluding hydrogens is 247 g/mol. The number of carbonyl (C=O) groups is 1. The molecule has 0 saturated heterocycles. The zero-order valence-electron chi connectivity index (χ0n) is 10.4. The van der Waals surface area contributed by atoms with Gasteiger partial charge in [-0.05, 0) is 37.1 Å². The molecule has 0 saturated carbocycles. The van der Waals surface area contributed by atoms with E-state index in [0.717, 1.165) is 0 Å². The van der Waals surface area contributed by atoms with Gasteiger partial charge in [-0.25, -0.2) is 14.4 Å². The van der Waals surface area contributed by atoms with Crippen LogP contribution in [0, 0.1) is 12.7 Å². The number of carboxylic acids is 1. The van der Waals surface area contributed by atoms with Gasteiger partial charge in [-0.3, -0.25) is 4.79 Å². The number of aliphatic carboxylic acids is 1. The van der Waals surface area contributed by atoms with Crippen LogP contribution in [0.25, 0.3) is 0 Å². The van der Waals surface area contributed by atoms with E-state index < -0.39 is 11.9 Å². The highest BCUT2D eigenvalue weighted by molar-refractivity contribution is 5.75. The van der Waals surface area contributed by atoms with Crippen LogP contribution in [-0.4, -0.2) is 21.0 Å². The van der Waals surface area contributed by atoms with Gasteiger partial charge < -0.3 is 5.11 Å². The molecule has 98 valence electrons. The lowest BCUT2D eigenvalue weighted by Crippen LogP contribution is -2.16. The summed E-state index contributed by atoms with van der Waals surface area (Å²) in [5.41, 5.74) is 1.77. The number of benzene rings is 1. The Kier molecular flexibility index (Phi) is 3.85. The fourth-order valence-corrected chi connectivity index (χ4v) is 1.88. The number of hydrogen-bond acceptors (Lipinski definition) is 3. The van der Waals surface area contributed by atoms with Crippen molar-refractivity contribution in [3.63, 3.8) is 0 Å². The largest absolute Gasteiger partial charge is 0.481 e. The standard InChI is InChI=1S/C14H13FN2O2/c1-9-5-13(17-8-16-9)12(14(18)19)7-10-3-2-4-11(15)6-10/h2-6,8,12H,7H2,1H3,(H,18,19). The lowest BCUT2D eigenvalue weighted by Gasteiger charge is -2.12. The number of aromatic nitrogens is 2. The SMILES string of the molecule is Cc1cc(C(Cc2cccc(F)c2)C(=O)O)ncn1. The van der Waals surface area contributed by atoms with Crippen molar-refractivity contribution >= 4 is 5.97 Å². The van der Waals surface area contributed by atoms with E-state index in [-0.39, 0.29) is 12.2 Å². The maximum absolute atomic E-state index is 13.1. The first-order chi connectivity index (χ1) is 9.06. The first-order valence-corrected chi connectivity index (χ1v) is 5.82. The van der Waals surface area contributed by atoms with Crippen molar-refractivity contribution in [2.45, 2.75) is 19.3 Å². The first-order valence-electron chi connectivity index (χ1n) is 5.82. The highest BCUT2D eigenvalue weighted by Gasteiger charge is 2.22. The molecule has 0 amide bonds. The minimum atomic E-state index is -0.984. The predicted molar refractivity (Wildman–Crippen MR) is 67.2 cm³/mol. The van der Waals surface area contributed by atoms with Crippen molar-refractivity contribution in [3.8, 4) is 0 Å². The Hall–Kier alpha value is -2.30. The van der Waals surface area contributed by atoms with Crippen molar-refractivity contribution in [1.82, 2.24) is 9.97 Å². The summed E-state index contributed by atoms with van der Waals surface area (Å²) in [6, 6.07) is 7.57. The molecule has 0 aliphatic carbocycles. The number of halogens is 1. The van der Waals surface area contributed by atoms with Crippen LogP contribution in [0.3, 0.4) is 0 Å². The Morgan fingerprint density at radius 2 is 2.16 bits per heavy atom. The highest BCUT2D eigenvalue weighted by Crippen LogP contribution is 2.20. The Balaban J connectivity index is 2.29. The van der Waals surface area contributed by atoms with Gasteiger partial charge in [-0.1, -0.05) is 12.1 Å². The number of rotatable bonds is 4. The molecule has 0 bridgehead atoms. The zero-order valence-corrected chi connectivity index (χ0v) is 10.4. The van der Waals surface area contributed by atoms with Crippen molar-refractivity contribution in [2.75, 3.05) is 0 Å². The summed E-state index contributed by atoms with van der Waals surface area (Å²) in [5.74, 6) is -2.16. The van der Waals surface area contributed by atoms with E-state index in [1.54, 1.807) is 25.1 Å². The van der Waals surface area contributed by atoms with Crippen LogP contribution >= 0.6 is 0 Å². The molecule has 0 fully saturated rings. The fourth-order valence-electron chi connectivity index (χ4n) is 1.88. The van der Waals surface area contributed by atoms with Crippen LogP contribution in [0.5, 0.6) is 0 Å². The summed E-state index contributed by atoms with van der Waals surface area (Å²) in [5, 5.41) is 9.29. The summed E-state index contributed by atoms with van der Waals surface area (Å²) in [4.78, 5) is 19.3. The smallest absolute Gasteiger partial charge is 0.312 e. The van der Waals surface area contributed by atoms with Crippen molar-refractivity contribution < 1.29 is 14.3 Å². The van der Waals surface area contributed by atoms with Gasteiger partial charge >= 0.3 is 5.97 Å². The molecule has 0 spiro atoms. The second-order valence-corrected chi connectivity index (χ2v) is 4.31. The van der Waals surface area contributed by atoms with Gasteiger partial charge in [-0.2, -0.15) is 0 Å². The van der Waals surface area contributed by atoms with E-state index in [1.165, 1.54) is 18.5 Å². The minimum Gasteiger partial charge on any atom is -0.481 e. The normalized spacial score (nSPS) is 12.1. The highest BCUT2D eigenvalue weighted by atomic mass is 19.1. The van der Waals surface area contributed by atoms with Crippen molar-refractivity contribution in [1.29, 1.82) is 0 Å². The zero-order chi connectivity index (χ0) is 13.8. The average molecular weight is 260 g/mol. The second kappa shape index (κ2) is 5.56. The summed E-state index contributed by atoms with van der Waals surface area (Å²) in [6.45, 7) is 1.77. The van der Waals surface area contributed by atoms with Gasteiger partial charge in [0.1, 0.15) is 18.1 Å². The quantitative estimate of drug-likeness (QED) is 0.916. The third-order valence-corrected chi connectivity index (χ3v) is 2.81. The van der Waals surface area contributed by atoms with Crippen LogP contribution in [0.15, 0.2) is 36.7 Å². The van der Waals surface area contributed by atoms with Crippen LogP contribution in [-0.2, 0) is 11.2 Å². The Bertz CT molecular complexity index is 602. The van der Waals surface area contributed by atoms with Gasteiger partial charge in [0.2, 0.25) is 0 Å². The molecular formula is C14H13FN2O2. The molecule has 5 heteroatoms. The Labute approximate surface area is 110 Å². The molecule has 1 heterocycles. The number of carboxylic acid groups (broad SMARTS) is 1. The van der Waals surface area contributed by atoms with Crippen LogP contribution < -0.4 is 0 Å². The van der Waals surface area contributed by atoms with E-state index in [2.05, 4.69) is 9.97 Å². The molecule has 1 aromatic heterocycles. The Morgan fingerprint density at radius 3 is 2.79 bits per heavy atom. The molecule has 0 radical (unpaired) electrons. The summed E-state index contributed by atoms with van der Waals surface area (Å²) in [6.07, 6.45) is 1.54. The maximum Gasteiger partial charge on any atom is 0.312 e. The molecule has 1 aromatic carbocycles. The average Bonchev–Trinajstić information content (AvgIpc) is 2.35. The van der Waals surface area contributed by atoms with Crippen LogP contribution in [0.1, 0.15) is 22.9 Å². The third kappa shape index (κ3) is 3.34. The van der Waals surface area contributed by atoms with Crippen LogP contribution in [0.4, 0.5) is 4.39 Å². The topological polar surface area (TPSA) is 63.1 Å². The van der Waals surface area contributed by atoms with Gasteiger partial charge in [0, 0.05) is 5.69 Å². The molecule has 1 unspecified atom stereocenters. The summed E-state index contributed by atoms with van der Waals surface area (Å²) < 4.78 is 13.1. The lowest BCUT2D eigenvalue weighted by atomic mass is 9.95. The van der Waals surface area contributed by atoms with Gasteiger partial charge in [-0.15, -0.1) is 0 Å². The maximum atomic E-state index is 13.1. The van der Waals surface area contributed by atoms with Crippen LogP contribution in [0.2, 0.25) is 0 Å². The molecule has 0 aliphatic rings. The van der Waals surface area contributed by atoms with E-state index in [1.807, 2.05) is 0 Å². The van der Waals surface area contributed by atoms with E-state index in [9.17, 15) is 14.3 Å². The van der Waals surface area contributed by atoms with E-state index in [0.29, 0.717) is 17.0 Å². The lowest BCUT2D eigenvalue weighted by molar-refractivity contribution is -0.138. The molecule has 1 N–H and O–H groups in total. The third-order valence-electron chi connectivity index (χ3n) is 2.81. The van der Waals surface area contributed by atoms with Gasteiger partial charge in [0.05, 0.1) is 5.69 Å². The number of nitrogens with zero attached hydrogens (tertiary/aromatic N) is 2. The second-order valence-electron chi connectivity index (χ2n) is 4.31. The molecule has 2 aromatic rings. The van der Waals surface area contributed by atoms with Crippen molar-refractivity contribution in [3.05, 3.63) is 59.4 Å². The minimum absolute atomic E-state index is 0.198. The number of aryl methyl sites for hydroxylation is 1. The van der Waals surface area contributed by atoms with E-state index in [4.69, 9.17) is 0 Å². The van der Waals surface area contributed by atoms with Gasteiger partial charge in [0.15, 0.2) is 0 Å². The molecule has 19 heavy (non-hydrogen) atoms. The fraction of sp³-hybridized carbons (Fsp3) is 0.214. The molecule has 2 rings (SSSR count). The Morgan fingerprint density at radius 1 is 1.37 bits per heavy atom. The summed E-state index contributed by atoms with van der Waals surface area (Å²) >= 11 is 0. The number of hydrogen-bond donors (Lipinski definition) is 1. The molecule has 4 nitrogen and oxygen atoms in total. The molecule has 0 aliphatic heterocycles. The summed E-state index contributed by atoms with van der Waals surface area (Å²) in [7, 11) is 0. The van der Waals surface area contributed by atoms with E-state index >= 15 is 0 Å².